The standard InChI is InChI=1S/C12H22O2/c1-9(2)11(4)7-6-10(3)8-12(13)14-5/h10H,6-8H2,1-5H3/t10-/m1/s1. The Labute approximate surface area is 87.3 Å². The van der Waals surface area contributed by atoms with Crippen molar-refractivity contribution in [2.45, 2.75) is 47.0 Å². The van der Waals surface area contributed by atoms with Crippen molar-refractivity contribution in [3.63, 3.8) is 0 Å². The topological polar surface area (TPSA) is 26.3 Å². The fourth-order valence-corrected chi connectivity index (χ4v) is 1.18. The van der Waals surface area contributed by atoms with Crippen molar-refractivity contribution < 1.29 is 9.53 Å². The zero-order valence-electron chi connectivity index (χ0n) is 10.0. The predicted octanol–water partition coefficient (Wildman–Crippen LogP) is 3.32. The van der Waals surface area contributed by atoms with Crippen LogP contribution in [0.1, 0.15) is 47.0 Å². The van der Waals surface area contributed by atoms with E-state index in [0.29, 0.717) is 12.3 Å². The number of carbonyl (C=O) groups is 1. The SMILES string of the molecule is COC(=O)C[C@H](C)CCC(C)=C(C)C. The normalized spacial score (nSPS) is 12.1. The van der Waals surface area contributed by atoms with E-state index >= 15 is 0 Å². The Kier molecular flexibility index (Phi) is 6.26. The van der Waals surface area contributed by atoms with Crippen LogP contribution in [0.5, 0.6) is 0 Å². The maximum absolute atomic E-state index is 11.0. The number of hydrogen-bond acceptors (Lipinski definition) is 2. The molecule has 0 spiro atoms. The van der Waals surface area contributed by atoms with Gasteiger partial charge in [0.25, 0.3) is 0 Å². The third-order valence-corrected chi connectivity index (χ3v) is 2.61. The molecule has 0 aromatic rings. The Hall–Kier alpha value is -0.790. The summed E-state index contributed by atoms with van der Waals surface area (Å²) in [5.41, 5.74) is 2.82. The third kappa shape index (κ3) is 5.79. The van der Waals surface area contributed by atoms with Crippen molar-refractivity contribution in [3.8, 4) is 0 Å². The van der Waals surface area contributed by atoms with Gasteiger partial charge in [-0.25, -0.2) is 0 Å². The highest BCUT2D eigenvalue weighted by atomic mass is 16.5. The minimum atomic E-state index is -0.104. The molecular formula is C12H22O2. The maximum atomic E-state index is 11.0. The summed E-state index contributed by atoms with van der Waals surface area (Å²) in [4.78, 5) is 11.0. The van der Waals surface area contributed by atoms with Gasteiger partial charge in [-0.1, -0.05) is 18.1 Å². The second kappa shape index (κ2) is 6.63. The van der Waals surface area contributed by atoms with Crippen molar-refractivity contribution in [1.82, 2.24) is 0 Å². The lowest BCUT2D eigenvalue weighted by Crippen LogP contribution is -2.07. The summed E-state index contributed by atoms with van der Waals surface area (Å²) in [6, 6.07) is 0. The zero-order valence-corrected chi connectivity index (χ0v) is 10.0. The van der Waals surface area contributed by atoms with Gasteiger partial charge in [0.05, 0.1) is 7.11 Å². The molecule has 14 heavy (non-hydrogen) atoms. The molecule has 0 N–H and O–H groups in total. The van der Waals surface area contributed by atoms with Crippen LogP contribution in [0.3, 0.4) is 0 Å². The van der Waals surface area contributed by atoms with Crippen LogP contribution in [0.2, 0.25) is 0 Å². The number of ether oxygens (including phenoxy) is 1. The molecular weight excluding hydrogens is 176 g/mol. The summed E-state index contributed by atoms with van der Waals surface area (Å²) in [6.07, 6.45) is 2.68. The highest BCUT2D eigenvalue weighted by Crippen LogP contribution is 2.17. The van der Waals surface area contributed by atoms with E-state index in [9.17, 15) is 4.79 Å². The van der Waals surface area contributed by atoms with Gasteiger partial charge in [-0.05, 0) is 39.5 Å². The lowest BCUT2D eigenvalue weighted by Gasteiger charge is -2.10. The molecule has 1 atom stereocenters. The molecule has 2 nitrogen and oxygen atoms in total. The van der Waals surface area contributed by atoms with Gasteiger partial charge < -0.3 is 4.74 Å². The molecule has 0 aliphatic heterocycles. The van der Waals surface area contributed by atoms with Gasteiger partial charge in [0.2, 0.25) is 0 Å². The Morgan fingerprint density at radius 2 is 1.86 bits per heavy atom. The first-order valence-corrected chi connectivity index (χ1v) is 5.17. The molecule has 0 heterocycles. The van der Waals surface area contributed by atoms with Crippen molar-refractivity contribution in [2.24, 2.45) is 5.92 Å². The van der Waals surface area contributed by atoms with Crippen LogP contribution < -0.4 is 0 Å². The van der Waals surface area contributed by atoms with Crippen LogP contribution in [0.15, 0.2) is 11.1 Å². The fraction of sp³-hybridized carbons (Fsp3) is 0.750. The second-order valence-electron chi connectivity index (χ2n) is 4.20. The van der Waals surface area contributed by atoms with E-state index in [0.717, 1.165) is 12.8 Å². The third-order valence-electron chi connectivity index (χ3n) is 2.61. The van der Waals surface area contributed by atoms with Crippen LogP contribution in [-0.4, -0.2) is 13.1 Å². The van der Waals surface area contributed by atoms with Gasteiger partial charge in [0.15, 0.2) is 0 Å². The smallest absolute Gasteiger partial charge is 0.305 e. The minimum absolute atomic E-state index is 0.104. The Bertz CT molecular complexity index is 212. The predicted molar refractivity (Wildman–Crippen MR) is 59.1 cm³/mol. The van der Waals surface area contributed by atoms with Crippen molar-refractivity contribution >= 4 is 5.97 Å². The largest absolute Gasteiger partial charge is 0.469 e. The molecule has 82 valence electrons. The number of carbonyl (C=O) groups excluding carboxylic acids is 1. The average molecular weight is 198 g/mol. The summed E-state index contributed by atoms with van der Waals surface area (Å²) in [6.45, 7) is 8.50. The molecule has 0 aliphatic carbocycles. The summed E-state index contributed by atoms with van der Waals surface area (Å²) in [5, 5.41) is 0. The van der Waals surface area contributed by atoms with Crippen LogP contribution in [0.25, 0.3) is 0 Å². The Morgan fingerprint density at radius 1 is 1.29 bits per heavy atom. The summed E-state index contributed by atoms with van der Waals surface area (Å²) in [7, 11) is 1.44. The van der Waals surface area contributed by atoms with Gasteiger partial charge in [-0.2, -0.15) is 0 Å². The van der Waals surface area contributed by atoms with Gasteiger partial charge in [-0.3, -0.25) is 4.79 Å². The van der Waals surface area contributed by atoms with E-state index in [1.807, 2.05) is 0 Å². The maximum Gasteiger partial charge on any atom is 0.305 e. The molecule has 0 rings (SSSR count). The van der Waals surface area contributed by atoms with Crippen LogP contribution in [0, 0.1) is 5.92 Å². The second-order valence-corrected chi connectivity index (χ2v) is 4.20. The lowest BCUT2D eigenvalue weighted by molar-refractivity contribution is -0.141. The van der Waals surface area contributed by atoms with E-state index in [-0.39, 0.29) is 5.97 Å². The molecule has 0 bridgehead atoms. The molecule has 0 saturated carbocycles. The minimum Gasteiger partial charge on any atom is -0.469 e. The van der Waals surface area contributed by atoms with E-state index < -0.39 is 0 Å². The first-order chi connectivity index (χ1) is 6.47. The number of methoxy groups -OCH3 is 1. The van der Waals surface area contributed by atoms with Gasteiger partial charge >= 0.3 is 5.97 Å². The first kappa shape index (κ1) is 13.2. The fourth-order valence-electron chi connectivity index (χ4n) is 1.18. The number of hydrogen-bond donors (Lipinski definition) is 0. The zero-order chi connectivity index (χ0) is 11.1. The molecule has 0 aromatic heterocycles. The highest BCUT2D eigenvalue weighted by molar-refractivity contribution is 5.69. The van der Waals surface area contributed by atoms with E-state index in [2.05, 4.69) is 32.4 Å². The summed E-state index contributed by atoms with van der Waals surface area (Å²) >= 11 is 0. The summed E-state index contributed by atoms with van der Waals surface area (Å²) < 4.78 is 4.62. The number of esters is 1. The first-order valence-electron chi connectivity index (χ1n) is 5.17. The van der Waals surface area contributed by atoms with Gasteiger partial charge in [0.1, 0.15) is 0 Å². The monoisotopic (exact) mass is 198 g/mol. The lowest BCUT2D eigenvalue weighted by atomic mass is 9.97. The van der Waals surface area contributed by atoms with Crippen molar-refractivity contribution in [2.75, 3.05) is 7.11 Å². The van der Waals surface area contributed by atoms with Crippen LogP contribution >= 0.6 is 0 Å². The Balaban J connectivity index is 3.80. The van der Waals surface area contributed by atoms with Crippen molar-refractivity contribution in [3.05, 3.63) is 11.1 Å². The molecule has 0 unspecified atom stereocenters. The molecule has 0 saturated heterocycles. The molecule has 0 aromatic carbocycles. The van der Waals surface area contributed by atoms with Crippen LogP contribution in [-0.2, 0) is 9.53 Å². The molecule has 0 amide bonds. The van der Waals surface area contributed by atoms with E-state index in [1.54, 1.807) is 0 Å². The highest BCUT2D eigenvalue weighted by Gasteiger charge is 2.09. The molecule has 0 aliphatic rings. The van der Waals surface area contributed by atoms with Crippen molar-refractivity contribution in [1.29, 1.82) is 0 Å². The van der Waals surface area contributed by atoms with Gasteiger partial charge in [0, 0.05) is 6.42 Å². The Morgan fingerprint density at radius 3 is 2.29 bits per heavy atom. The van der Waals surface area contributed by atoms with Gasteiger partial charge in [-0.15, -0.1) is 0 Å². The molecule has 0 radical (unpaired) electrons. The van der Waals surface area contributed by atoms with E-state index in [4.69, 9.17) is 0 Å². The number of allylic oxidation sites excluding steroid dienone is 2. The average Bonchev–Trinajstić information content (AvgIpc) is 2.13. The van der Waals surface area contributed by atoms with E-state index in [1.165, 1.54) is 18.3 Å². The molecule has 0 fully saturated rings. The van der Waals surface area contributed by atoms with Crippen LogP contribution in [0.4, 0.5) is 0 Å². The quantitative estimate of drug-likeness (QED) is 0.500. The summed E-state index contributed by atoms with van der Waals surface area (Å²) in [5.74, 6) is 0.309. The number of rotatable bonds is 5. The molecule has 2 heteroatoms.